The number of aliphatic carboxylic acids is 1. The molecule has 5 heteroatoms. The smallest absolute Gasteiger partial charge is 0.326 e. The predicted molar refractivity (Wildman–Crippen MR) is 64.6 cm³/mol. The first-order valence-electron chi connectivity index (χ1n) is 6.64. The molecule has 100 valence electrons. The number of hydrogen-bond acceptors (Lipinski definition) is 3. The topological polar surface area (TPSA) is 83.6 Å². The van der Waals surface area contributed by atoms with Gasteiger partial charge in [0, 0.05) is 12.5 Å². The number of likely N-dealkylation sites (tertiary alicyclic amines) is 1. The standard InChI is InChI=1S/C13H20N2O3/c1-13(2)7-5-15(10(8(7)13)12(17)18)11(16)9(14)6-3-4-6/h6-10H,3-5,14H2,1-2H3,(H,17,18)/t7?,8-,9-,10-/m0/s1. The van der Waals surface area contributed by atoms with Crippen LogP contribution in [0.3, 0.4) is 0 Å². The minimum Gasteiger partial charge on any atom is -0.480 e. The Morgan fingerprint density at radius 2 is 2.00 bits per heavy atom. The highest BCUT2D eigenvalue weighted by Gasteiger charge is 2.69. The largest absolute Gasteiger partial charge is 0.480 e. The lowest BCUT2D eigenvalue weighted by Crippen LogP contribution is -2.52. The van der Waals surface area contributed by atoms with E-state index in [9.17, 15) is 14.7 Å². The predicted octanol–water partition coefficient (Wildman–Crippen LogP) is 0.291. The molecular formula is C13H20N2O3. The van der Waals surface area contributed by atoms with Gasteiger partial charge in [0.15, 0.2) is 0 Å². The number of piperidine rings is 1. The molecule has 2 saturated carbocycles. The number of nitrogens with zero attached hydrogens (tertiary/aromatic N) is 1. The van der Waals surface area contributed by atoms with E-state index in [-0.39, 0.29) is 23.2 Å². The van der Waals surface area contributed by atoms with Crippen LogP contribution in [0.5, 0.6) is 0 Å². The Balaban J connectivity index is 1.77. The van der Waals surface area contributed by atoms with Crippen molar-refractivity contribution in [3.63, 3.8) is 0 Å². The van der Waals surface area contributed by atoms with Crippen LogP contribution in [-0.2, 0) is 9.59 Å². The van der Waals surface area contributed by atoms with E-state index in [4.69, 9.17) is 5.73 Å². The van der Waals surface area contributed by atoms with Gasteiger partial charge in [-0.2, -0.15) is 0 Å². The number of carboxylic acid groups (broad SMARTS) is 1. The van der Waals surface area contributed by atoms with Gasteiger partial charge in [-0.1, -0.05) is 13.8 Å². The first kappa shape index (κ1) is 12.0. The van der Waals surface area contributed by atoms with Gasteiger partial charge < -0.3 is 15.7 Å². The van der Waals surface area contributed by atoms with E-state index >= 15 is 0 Å². The van der Waals surface area contributed by atoms with Gasteiger partial charge in [-0.25, -0.2) is 4.79 Å². The van der Waals surface area contributed by atoms with Crippen molar-refractivity contribution in [2.24, 2.45) is 28.9 Å². The van der Waals surface area contributed by atoms with E-state index in [1.807, 2.05) is 0 Å². The third-order valence-electron chi connectivity index (χ3n) is 5.16. The molecule has 0 aromatic carbocycles. The first-order valence-corrected chi connectivity index (χ1v) is 6.64. The quantitative estimate of drug-likeness (QED) is 0.756. The zero-order chi connectivity index (χ0) is 13.2. The van der Waals surface area contributed by atoms with Crippen molar-refractivity contribution in [3.05, 3.63) is 0 Å². The van der Waals surface area contributed by atoms with E-state index in [0.29, 0.717) is 12.5 Å². The molecule has 0 aromatic heterocycles. The van der Waals surface area contributed by atoms with E-state index in [0.717, 1.165) is 12.8 Å². The van der Waals surface area contributed by atoms with Crippen molar-refractivity contribution in [1.82, 2.24) is 4.90 Å². The lowest BCUT2D eigenvalue weighted by atomic mass is 10.00. The van der Waals surface area contributed by atoms with Crippen LogP contribution >= 0.6 is 0 Å². The van der Waals surface area contributed by atoms with Crippen LogP contribution in [0.4, 0.5) is 0 Å². The molecule has 4 atom stereocenters. The van der Waals surface area contributed by atoms with Crippen LogP contribution in [0.25, 0.3) is 0 Å². The number of carbonyl (C=O) groups is 2. The summed E-state index contributed by atoms with van der Waals surface area (Å²) in [5.74, 6) is -0.339. The van der Waals surface area contributed by atoms with Crippen LogP contribution in [-0.4, -0.2) is 40.5 Å². The van der Waals surface area contributed by atoms with Gasteiger partial charge in [0.25, 0.3) is 0 Å². The van der Waals surface area contributed by atoms with Gasteiger partial charge in [-0.05, 0) is 30.1 Å². The second kappa shape index (κ2) is 3.47. The Morgan fingerprint density at radius 1 is 1.39 bits per heavy atom. The average Bonchev–Trinajstić information content (AvgIpc) is 3.15. The molecule has 1 heterocycles. The molecule has 2 aliphatic carbocycles. The van der Waals surface area contributed by atoms with Crippen LogP contribution in [0.2, 0.25) is 0 Å². The summed E-state index contributed by atoms with van der Waals surface area (Å²) in [6, 6.07) is -1.16. The summed E-state index contributed by atoms with van der Waals surface area (Å²) in [6.07, 6.45) is 1.99. The molecule has 0 spiro atoms. The molecule has 1 amide bonds. The zero-order valence-corrected chi connectivity index (χ0v) is 10.8. The van der Waals surface area contributed by atoms with Crippen LogP contribution in [0.1, 0.15) is 26.7 Å². The van der Waals surface area contributed by atoms with Crippen LogP contribution in [0.15, 0.2) is 0 Å². The highest BCUT2D eigenvalue weighted by molar-refractivity contribution is 5.89. The van der Waals surface area contributed by atoms with Crippen molar-refractivity contribution in [2.75, 3.05) is 6.54 Å². The molecule has 3 fully saturated rings. The highest BCUT2D eigenvalue weighted by Crippen LogP contribution is 2.64. The number of nitrogens with two attached hydrogens (primary N) is 1. The normalized spacial score (nSPS) is 38.2. The van der Waals surface area contributed by atoms with Gasteiger partial charge >= 0.3 is 5.97 Å². The number of carboxylic acids is 1. The van der Waals surface area contributed by atoms with Crippen molar-refractivity contribution in [3.8, 4) is 0 Å². The molecule has 0 radical (unpaired) electrons. The monoisotopic (exact) mass is 252 g/mol. The fraction of sp³-hybridized carbons (Fsp3) is 0.846. The minimum atomic E-state index is -0.885. The molecule has 5 nitrogen and oxygen atoms in total. The summed E-state index contributed by atoms with van der Waals surface area (Å²) in [4.78, 5) is 25.2. The molecule has 3 aliphatic rings. The van der Waals surface area contributed by atoms with Crippen LogP contribution < -0.4 is 5.73 Å². The molecule has 0 aromatic rings. The minimum absolute atomic E-state index is 0.0590. The summed E-state index contributed by atoms with van der Waals surface area (Å²) in [6.45, 7) is 4.73. The fourth-order valence-electron chi connectivity index (χ4n) is 3.64. The van der Waals surface area contributed by atoms with E-state index in [2.05, 4.69) is 13.8 Å². The molecule has 1 unspecified atom stereocenters. The zero-order valence-electron chi connectivity index (χ0n) is 10.8. The lowest BCUT2D eigenvalue weighted by Gasteiger charge is -2.30. The highest BCUT2D eigenvalue weighted by atomic mass is 16.4. The molecule has 1 saturated heterocycles. The average molecular weight is 252 g/mol. The number of amides is 1. The van der Waals surface area contributed by atoms with Crippen LogP contribution in [0, 0.1) is 23.2 Å². The Hall–Kier alpha value is -1.10. The summed E-state index contributed by atoms with van der Waals surface area (Å²) in [5.41, 5.74) is 5.97. The van der Waals surface area contributed by atoms with Gasteiger partial charge in [0.1, 0.15) is 6.04 Å². The Labute approximate surface area is 106 Å². The lowest BCUT2D eigenvalue weighted by molar-refractivity contribution is -0.151. The maximum absolute atomic E-state index is 12.3. The van der Waals surface area contributed by atoms with Gasteiger partial charge in [0.2, 0.25) is 5.91 Å². The molecule has 0 bridgehead atoms. The first-order chi connectivity index (χ1) is 8.35. The molecule has 18 heavy (non-hydrogen) atoms. The van der Waals surface area contributed by atoms with E-state index < -0.39 is 18.1 Å². The van der Waals surface area contributed by atoms with E-state index in [1.165, 1.54) is 4.90 Å². The molecule has 1 aliphatic heterocycles. The Morgan fingerprint density at radius 3 is 2.50 bits per heavy atom. The summed E-state index contributed by atoms with van der Waals surface area (Å²) >= 11 is 0. The second-order valence-electron chi connectivity index (χ2n) is 6.59. The maximum atomic E-state index is 12.3. The number of carbonyl (C=O) groups excluding carboxylic acids is 1. The number of fused-ring (bicyclic) bond motifs is 1. The fourth-order valence-corrected chi connectivity index (χ4v) is 3.64. The van der Waals surface area contributed by atoms with Crippen molar-refractivity contribution >= 4 is 11.9 Å². The van der Waals surface area contributed by atoms with Crippen molar-refractivity contribution < 1.29 is 14.7 Å². The summed E-state index contributed by atoms with van der Waals surface area (Å²) < 4.78 is 0. The number of rotatable bonds is 3. The van der Waals surface area contributed by atoms with Gasteiger partial charge in [-0.15, -0.1) is 0 Å². The Kier molecular flexibility index (Phi) is 2.31. The van der Waals surface area contributed by atoms with Gasteiger partial charge in [-0.3, -0.25) is 4.79 Å². The summed E-state index contributed by atoms with van der Waals surface area (Å²) in [7, 11) is 0. The van der Waals surface area contributed by atoms with Gasteiger partial charge in [0.05, 0.1) is 6.04 Å². The third-order valence-corrected chi connectivity index (χ3v) is 5.16. The second-order valence-corrected chi connectivity index (χ2v) is 6.59. The SMILES string of the molecule is CC1(C)C2CN(C(=O)[C@@H](N)C3CC3)[C@H](C(=O)O)[C@H]21. The molecule has 3 rings (SSSR count). The third kappa shape index (κ3) is 1.49. The number of hydrogen-bond donors (Lipinski definition) is 2. The Bertz CT molecular complexity index is 416. The maximum Gasteiger partial charge on any atom is 0.326 e. The summed E-state index contributed by atoms with van der Waals surface area (Å²) in [5, 5.41) is 9.36. The van der Waals surface area contributed by atoms with Crippen molar-refractivity contribution in [1.29, 1.82) is 0 Å². The molecule has 3 N–H and O–H groups in total. The van der Waals surface area contributed by atoms with Crippen molar-refractivity contribution in [2.45, 2.75) is 38.8 Å². The molecular weight excluding hydrogens is 232 g/mol. The van der Waals surface area contributed by atoms with E-state index in [1.54, 1.807) is 0 Å².